The normalized spacial score (nSPS) is 17.7. The topological polar surface area (TPSA) is 53.1 Å². The number of halogens is 1. The number of para-hydroxylation sites is 1. The maximum Gasteiger partial charge on any atom is 0.278 e. The molecule has 6 nitrogen and oxygen atoms in total. The Hall–Kier alpha value is -2.67. The molecule has 0 aromatic heterocycles. The summed E-state index contributed by atoms with van der Waals surface area (Å²) < 4.78 is 5.38. The van der Waals surface area contributed by atoms with E-state index in [4.69, 9.17) is 16.3 Å². The van der Waals surface area contributed by atoms with Gasteiger partial charge in [0.05, 0.1) is 18.8 Å². The van der Waals surface area contributed by atoms with Crippen LogP contribution in [0.2, 0.25) is 5.02 Å². The zero-order valence-corrected chi connectivity index (χ0v) is 17.6. The Morgan fingerprint density at radius 1 is 0.933 bits per heavy atom. The van der Waals surface area contributed by atoms with Crippen molar-refractivity contribution in [3.05, 3.63) is 70.9 Å². The third-order valence-electron chi connectivity index (χ3n) is 5.50. The fourth-order valence-electron chi connectivity index (χ4n) is 3.80. The van der Waals surface area contributed by atoms with Crippen molar-refractivity contribution in [1.82, 2.24) is 9.80 Å². The first-order chi connectivity index (χ1) is 14.6. The molecule has 30 heavy (non-hydrogen) atoms. The third kappa shape index (κ3) is 4.12. The molecule has 0 N–H and O–H groups in total. The highest BCUT2D eigenvalue weighted by Crippen LogP contribution is 2.33. The van der Waals surface area contributed by atoms with E-state index >= 15 is 0 Å². The molecule has 2 aromatic carbocycles. The van der Waals surface area contributed by atoms with Gasteiger partial charge in [0, 0.05) is 43.9 Å². The molecule has 0 aliphatic carbocycles. The Bertz CT molecular complexity index is 953. The van der Waals surface area contributed by atoms with Crippen LogP contribution < -0.4 is 4.90 Å². The number of nitrogens with zero attached hydrogens (tertiary/aromatic N) is 3. The molecule has 0 bridgehead atoms. The lowest BCUT2D eigenvalue weighted by atomic mass is 10.0. The molecule has 0 radical (unpaired) electrons. The van der Waals surface area contributed by atoms with Gasteiger partial charge in [-0.3, -0.25) is 19.4 Å². The highest BCUT2D eigenvalue weighted by molar-refractivity contribution is 6.37. The van der Waals surface area contributed by atoms with Gasteiger partial charge in [-0.25, -0.2) is 0 Å². The zero-order chi connectivity index (χ0) is 21.1. The molecule has 2 aliphatic rings. The second-order valence-electron chi connectivity index (χ2n) is 7.34. The fraction of sp³-hybridized carbons (Fsp3) is 0.304. The van der Waals surface area contributed by atoms with Crippen LogP contribution in [0.5, 0.6) is 0 Å². The van der Waals surface area contributed by atoms with Crippen molar-refractivity contribution in [1.29, 1.82) is 0 Å². The molecule has 0 spiro atoms. The van der Waals surface area contributed by atoms with E-state index in [1.807, 2.05) is 37.4 Å². The predicted molar refractivity (Wildman–Crippen MR) is 117 cm³/mol. The van der Waals surface area contributed by atoms with Crippen molar-refractivity contribution in [3.63, 3.8) is 0 Å². The molecule has 1 saturated heterocycles. The lowest BCUT2D eigenvalue weighted by molar-refractivity contribution is -0.137. The van der Waals surface area contributed by atoms with Gasteiger partial charge in [0.2, 0.25) is 0 Å². The van der Waals surface area contributed by atoms with Crippen LogP contribution in [0.4, 0.5) is 5.69 Å². The number of likely N-dealkylation sites (N-methyl/N-ethyl adjacent to an activating group) is 1. The number of imide groups is 1. The smallest absolute Gasteiger partial charge is 0.278 e. The Morgan fingerprint density at radius 3 is 2.27 bits per heavy atom. The SMILES string of the molecule is CN(C1=C(c2ccc(Cl)cc2)C(=O)N(CCN2CCOCC2)C1=O)c1ccccc1. The summed E-state index contributed by atoms with van der Waals surface area (Å²) in [4.78, 5) is 32.1. The van der Waals surface area contributed by atoms with Crippen molar-refractivity contribution in [2.24, 2.45) is 0 Å². The average molecular weight is 426 g/mol. The summed E-state index contributed by atoms with van der Waals surface area (Å²) in [6.07, 6.45) is 0. The third-order valence-corrected chi connectivity index (χ3v) is 5.75. The molecule has 2 amide bonds. The Kier molecular flexibility index (Phi) is 6.18. The Labute approximate surface area is 181 Å². The summed E-state index contributed by atoms with van der Waals surface area (Å²) in [7, 11) is 1.82. The van der Waals surface area contributed by atoms with E-state index in [-0.39, 0.29) is 11.8 Å². The Balaban J connectivity index is 1.66. The molecule has 2 aliphatic heterocycles. The van der Waals surface area contributed by atoms with E-state index in [0.717, 1.165) is 18.8 Å². The number of benzene rings is 2. The number of amides is 2. The van der Waals surface area contributed by atoms with Crippen LogP contribution >= 0.6 is 11.6 Å². The first-order valence-corrected chi connectivity index (χ1v) is 10.4. The van der Waals surface area contributed by atoms with Crippen molar-refractivity contribution >= 4 is 34.7 Å². The summed E-state index contributed by atoms with van der Waals surface area (Å²) in [6, 6.07) is 16.6. The number of carbonyl (C=O) groups excluding carboxylic acids is 2. The van der Waals surface area contributed by atoms with E-state index in [0.29, 0.717) is 48.2 Å². The van der Waals surface area contributed by atoms with Crippen molar-refractivity contribution in [3.8, 4) is 0 Å². The number of rotatable bonds is 6. The van der Waals surface area contributed by atoms with E-state index in [2.05, 4.69) is 4.90 Å². The molecular weight excluding hydrogens is 402 g/mol. The second-order valence-corrected chi connectivity index (χ2v) is 7.78. The van der Waals surface area contributed by atoms with Crippen LogP contribution in [0.25, 0.3) is 5.57 Å². The van der Waals surface area contributed by atoms with Gasteiger partial charge in [0.1, 0.15) is 5.70 Å². The van der Waals surface area contributed by atoms with Gasteiger partial charge >= 0.3 is 0 Å². The predicted octanol–water partition coefficient (Wildman–Crippen LogP) is 2.89. The molecule has 2 aromatic rings. The standard InChI is InChI=1S/C23H24ClN3O3/c1-25(19-5-3-2-4-6-19)21-20(17-7-9-18(24)10-8-17)22(28)27(23(21)29)12-11-26-13-15-30-16-14-26/h2-10H,11-16H2,1H3. The summed E-state index contributed by atoms with van der Waals surface area (Å²) in [6.45, 7) is 3.96. The fourth-order valence-corrected chi connectivity index (χ4v) is 3.93. The van der Waals surface area contributed by atoms with Gasteiger partial charge in [-0.05, 0) is 29.8 Å². The summed E-state index contributed by atoms with van der Waals surface area (Å²) in [5.41, 5.74) is 2.32. The molecule has 156 valence electrons. The quantitative estimate of drug-likeness (QED) is 0.666. The van der Waals surface area contributed by atoms with Gasteiger partial charge in [-0.2, -0.15) is 0 Å². The number of anilines is 1. The van der Waals surface area contributed by atoms with E-state index in [9.17, 15) is 9.59 Å². The van der Waals surface area contributed by atoms with Gasteiger partial charge < -0.3 is 9.64 Å². The van der Waals surface area contributed by atoms with Crippen molar-refractivity contribution in [2.75, 3.05) is 51.3 Å². The number of hydrogen-bond donors (Lipinski definition) is 0. The van der Waals surface area contributed by atoms with E-state index < -0.39 is 0 Å². The monoisotopic (exact) mass is 425 g/mol. The summed E-state index contributed by atoms with van der Waals surface area (Å²) in [5.74, 6) is -0.544. The molecule has 2 heterocycles. The summed E-state index contributed by atoms with van der Waals surface area (Å²) in [5, 5.41) is 0.582. The molecule has 0 atom stereocenters. The molecular formula is C23H24ClN3O3. The van der Waals surface area contributed by atoms with Crippen molar-refractivity contribution < 1.29 is 14.3 Å². The van der Waals surface area contributed by atoms with Crippen LogP contribution in [0, 0.1) is 0 Å². The largest absolute Gasteiger partial charge is 0.379 e. The molecule has 4 rings (SSSR count). The maximum atomic E-state index is 13.4. The maximum absolute atomic E-state index is 13.4. The number of ether oxygens (including phenoxy) is 1. The van der Waals surface area contributed by atoms with Gasteiger partial charge in [0.15, 0.2) is 0 Å². The van der Waals surface area contributed by atoms with Crippen LogP contribution in [0.3, 0.4) is 0 Å². The van der Waals surface area contributed by atoms with Crippen LogP contribution in [-0.4, -0.2) is 68.1 Å². The van der Waals surface area contributed by atoms with E-state index in [1.165, 1.54) is 4.90 Å². The first-order valence-electron chi connectivity index (χ1n) is 10.0. The number of hydrogen-bond acceptors (Lipinski definition) is 5. The highest BCUT2D eigenvalue weighted by Gasteiger charge is 2.41. The van der Waals surface area contributed by atoms with Crippen LogP contribution in [0.1, 0.15) is 5.56 Å². The van der Waals surface area contributed by atoms with E-state index in [1.54, 1.807) is 29.2 Å². The molecule has 1 fully saturated rings. The minimum atomic E-state index is -0.274. The average Bonchev–Trinajstić information content (AvgIpc) is 3.03. The number of carbonyl (C=O) groups is 2. The lowest BCUT2D eigenvalue weighted by Gasteiger charge is -2.28. The summed E-state index contributed by atoms with van der Waals surface area (Å²) >= 11 is 6.04. The molecule has 0 saturated carbocycles. The van der Waals surface area contributed by atoms with Crippen LogP contribution in [0.15, 0.2) is 60.3 Å². The minimum Gasteiger partial charge on any atom is -0.379 e. The minimum absolute atomic E-state index is 0.270. The second kappa shape index (κ2) is 9.00. The van der Waals surface area contributed by atoms with Gasteiger partial charge in [0.25, 0.3) is 11.8 Å². The van der Waals surface area contributed by atoms with Gasteiger partial charge in [-0.1, -0.05) is 41.9 Å². The first kappa shape index (κ1) is 20.6. The Morgan fingerprint density at radius 2 is 1.60 bits per heavy atom. The zero-order valence-electron chi connectivity index (χ0n) is 16.9. The number of morpholine rings is 1. The lowest BCUT2D eigenvalue weighted by Crippen LogP contribution is -2.44. The van der Waals surface area contributed by atoms with Crippen LogP contribution in [-0.2, 0) is 14.3 Å². The van der Waals surface area contributed by atoms with Gasteiger partial charge in [-0.15, -0.1) is 0 Å². The molecule has 7 heteroatoms. The molecule has 0 unspecified atom stereocenters. The highest BCUT2D eigenvalue weighted by atomic mass is 35.5. The van der Waals surface area contributed by atoms with Crippen molar-refractivity contribution in [2.45, 2.75) is 0 Å².